The highest BCUT2D eigenvalue weighted by molar-refractivity contribution is 5.85. The first kappa shape index (κ1) is 15.6. The van der Waals surface area contributed by atoms with Gasteiger partial charge in [-0.05, 0) is 11.6 Å². The van der Waals surface area contributed by atoms with E-state index in [0.717, 1.165) is 11.1 Å². The number of aliphatic hydroxyl groups excluding tert-OH is 1. The van der Waals surface area contributed by atoms with E-state index in [-0.39, 0.29) is 19.2 Å². The van der Waals surface area contributed by atoms with Gasteiger partial charge < -0.3 is 20.3 Å². The quantitative estimate of drug-likeness (QED) is 0.910. The van der Waals surface area contributed by atoms with Crippen LogP contribution in [0.5, 0.6) is 11.5 Å². The third-order valence-corrected chi connectivity index (χ3v) is 3.49. The van der Waals surface area contributed by atoms with Gasteiger partial charge in [0.1, 0.15) is 0 Å². The molecule has 0 saturated carbocycles. The molecule has 112 valence electrons. The van der Waals surface area contributed by atoms with Crippen LogP contribution in [0, 0.1) is 0 Å². The van der Waals surface area contributed by atoms with E-state index in [1.54, 1.807) is 0 Å². The predicted molar refractivity (Wildman–Crippen MR) is 82.9 cm³/mol. The highest BCUT2D eigenvalue weighted by Gasteiger charge is 2.25. The molecule has 1 aliphatic heterocycles. The number of aliphatic hydroxyl groups is 1. The second-order valence-corrected chi connectivity index (χ2v) is 4.86. The maximum atomic E-state index is 10.3. The van der Waals surface area contributed by atoms with E-state index < -0.39 is 12.1 Å². The maximum Gasteiger partial charge on any atom is 0.231 e. The van der Waals surface area contributed by atoms with E-state index in [1.807, 2.05) is 48.5 Å². The maximum absolute atomic E-state index is 10.3. The van der Waals surface area contributed by atoms with Crippen LogP contribution < -0.4 is 15.2 Å². The van der Waals surface area contributed by atoms with E-state index in [9.17, 15) is 5.11 Å². The first-order chi connectivity index (χ1) is 9.75. The van der Waals surface area contributed by atoms with Crippen molar-refractivity contribution in [1.82, 2.24) is 0 Å². The Morgan fingerprint density at radius 2 is 1.81 bits per heavy atom. The van der Waals surface area contributed by atoms with Gasteiger partial charge in [0, 0.05) is 12.0 Å². The zero-order chi connectivity index (χ0) is 13.9. The van der Waals surface area contributed by atoms with Crippen molar-refractivity contribution in [2.75, 3.05) is 6.79 Å². The fourth-order valence-corrected chi connectivity index (χ4v) is 2.41. The molecule has 0 bridgehead atoms. The normalized spacial score (nSPS) is 15.1. The molecule has 3 rings (SSSR count). The molecule has 0 saturated heterocycles. The average molecular weight is 308 g/mol. The molecule has 1 heterocycles. The smallest absolute Gasteiger partial charge is 0.231 e. The van der Waals surface area contributed by atoms with Crippen LogP contribution in [0.15, 0.2) is 48.5 Å². The largest absolute Gasteiger partial charge is 0.454 e. The van der Waals surface area contributed by atoms with E-state index in [1.165, 1.54) is 0 Å². The Morgan fingerprint density at radius 1 is 1.05 bits per heavy atom. The van der Waals surface area contributed by atoms with Crippen molar-refractivity contribution < 1.29 is 14.6 Å². The second-order valence-electron chi connectivity index (χ2n) is 4.86. The van der Waals surface area contributed by atoms with Crippen molar-refractivity contribution in [3.8, 4) is 11.5 Å². The van der Waals surface area contributed by atoms with Crippen LogP contribution in [-0.4, -0.2) is 18.0 Å². The van der Waals surface area contributed by atoms with Gasteiger partial charge in [-0.2, -0.15) is 0 Å². The minimum Gasteiger partial charge on any atom is -0.454 e. The molecule has 4 nitrogen and oxygen atoms in total. The number of fused-ring (bicyclic) bond motifs is 1. The Morgan fingerprint density at radius 3 is 2.57 bits per heavy atom. The average Bonchev–Trinajstić information content (AvgIpc) is 2.96. The Kier molecular flexibility index (Phi) is 5.07. The van der Waals surface area contributed by atoms with Crippen LogP contribution in [0.3, 0.4) is 0 Å². The lowest BCUT2D eigenvalue weighted by atomic mass is 9.96. The minimum absolute atomic E-state index is 0. The Hall–Kier alpha value is -1.75. The van der Waals surface area contributed by atoms with Crippen molar-refractivity contribution >= 4 is 12.4 Å². The van der Waals surface area contributed by atoms with Gasteiger partial charge in [-0.1, -0.05) is 42.5 Å². The van der Waals surface area contributed by atoms with Gasteiger partial charge >= 0.3 is 0 Å². The van der Waals surface area contributed by atoms with Gasteiger partial charge in [-0.25, -0.2) is 0 Å². The van der Waals surface area contributed by atoms with Crippen molar-refractivity contribution in [3.63, 3.8) is 0 Å². The number of hydrogen-bond donors (Lipinski definition) is 2. The third kappa shape index (κ3) is 3.29. The molecule has 0 unspecified atom stereocenters. The summed E-state index contributed by atoms with van der Waals surface area (Å²) >= 11 is 0. The molecule has 5 heteroatoms. The highest BCUT2D eigenvalue weighted by Crippen LogP contribution is 2.38. The standard InChI is InChI=1S/C16H17NO3.ClH/c17-15(13(18)9-11-5-2-1-3-6-11)12-7-4-8-14-16(12)20-10-19-14;/h1-8,13,15,18H,9-10,17H2;1H/t13-,15+;/m1./s1. The van der Waals surface area contributed by atoms with Gasteiger partial charge in [-0.3, -0.25) is 0 Å². The monoisotopic (exact) mass is 307 g/mol. The van der Waals surface area contributed by atoms with Gasteiger partial charge in [0.05, 0.1) is 12.1 Å². The van der Waals surface area contributed by atoms with Crippen LogP contribution in [0.2, 0.25) is 0 Å². The number of para-hydroxylation sites is 1. The van der Waals surface area contributed by atoms with Crippen LogP contribution >= 0.6 is 12.4 Å². The van der Waals surface area contributed by atoms with Gasteiger partial charge in [0.15, 0.2) is 11.5 Å². The molecule has 1 aliphatic rings. The highest BCUT2D eigenvalue weighted by atomic mass is 35.5. The Bertz CT molecular complexity index is 591. The van der Waals surface area contributed by atoms with E-state index in [0.29, 0.717) is 17.9 Å². The summed E-state index contributed by atoms with van der Waals surface area (Å²) in [5.41, 5.74) is 8.01. The fraction of sp³-hybridized carbons (Fsp3) is 0.250. The lowest BCUT2D eigenvalue weighted by molar-refractivity contribution is 0.141. The Balaban J connectivity index is 0.00000161. The van der Waals surface area contributed by atoms with E-state index in [4.69, 9.17) is 15.2 Å². The molecule has 21 heavy (non-hydrogen) atoms. The molecular weight excluding hydrogens is 290 g/mol. The number of benzene rings is 2. The summed E-state index contributed by atoms with van der Waals surface area (Å²) < 4.78 is 10.8. The zero-order valence-electron chi connectivity index (χ0n) is 11.4. The molecule has 2 aromatic rings. The molecule has 2 aromatic carbocycles. The summed E-state index contributed by atoms with van der Waals surface area (Å²) in [5, 5.41) is 10.3. The second kappa shape index (κ2) is 6.80. The Labute approximate surface area is 129 Å². The fourth-order valence-electron chi connectivity index (χ4n) is 2.41. The predicted octanol–water partition coefficient (Wildman–Crippen LogP) is 2.44. The molecule has 0 aromatic heterocycles. The van der Waals surface area contributed by atoms with Crippen LogP contribution in [0.4, 0.5) is 0 Å². The molecule has 0 fully saturated rings. The van der Waals surface area contributed by atoms with Crippen molar-refractivity contribution in [3.05, 3.63) is 59.7 Å². The number of rotatable bonds is 4. The number of ether oxygens (including phenoxy) is 2. The first-order valence-electron chi connectivity index (χ1n) is 6.62. The van der Waals surface area contributed by atoms with Crippen molar-refractivity contribution in [2.45, 2.75) is 18.6 Å². The van der Waals surface area contributed by atoms with Crippen LogP contribution in [0.25, 0.3) is 0 Å². The van der Waals surface area contributed by atoms with E-state index in [2.05, 4.69) is 0 Å². The molecule has 0 aliphatic carbocycles. The van der Waals surface area contributed by atoms with Crippen molar-refractivity contribution in [2.24, 2.45) is 5.73 Å². The van der Waals surface area contributed by atoms with Gasteiger partial charge in [-0.15, -0.1) is 12.4 Å². The van der Waals surface area contributed by atoms with Crippen molar-refractivity contribution in [1.29, 1.82) is 0 Å². The molecular formula is C16H18ClNO3. The van der Waals surface area contributed by atoms with E-state index >= 15 is 0 Å². The summed E-state index contributed by atoms with van der Waals surface area (Å²) in [6, 6.07) is 14.9. The summed E-state index contributed by atoms with van der Waals surface area (Å²) in [6.45, 7) is 0.202. The topological polar surface area (TPSA) is 64.7 Å². The lowest BCUT2D eigenvalue weighted by Gasteiger charge is -2.20. The molecule has 0 radical (unpaired) electrons. The summed E-state index contributed by atoms with van der Waals surface area (Å²) in [4.78, 5) is 0. The SMILES string of the molecule is Cl.N[C@@H](c1cccc2c1OCO2)[C@H](O)Cc1ccccc1. The zero-order valence-corrected chi connectivity index (χ0v) is 12.3. The molecule has 3 N–H and O–H groups in total. The minimum atomic E-state index is -0.673. The number of halogens is 1. The van der Waals surface area contributed by atoms with Crippen LogP contribution in [-0.2, 0) is 6.42 Å². The third-order valence-electron chi connectivity index (χ3n) is 3.49. The van der Waals surface area contributed by atoms with Gasteiger partial charge in [0.25, 0.3) is 0 Å². The molecule has 2 atom stereocenters. The molecule has 0 spiro atoms. The number of hydrogen-bond acceptors (Lipinski definition) is 4. The van der Waals surface area contributed by atoms with Gasteiger partial charge in [0.2, 0.25) is 6.79 Å². The molecule has 0 amide bonds. The number of nitrogens with two attached hydrogens (primary N) is 1. The lowest BCUT2D eigenvalue weighted by Crippen LogP contribution is -2.28. The van der Waals surface area contributed by atoms with Crippen LogP contribution in [0.1, 0.15) is 17.2 Å². The summed E-state index contributed by atoms with van der Waals surface area (Å²) in [6.07, 6.45) is -0.167. The summed E-state index contributed by atoms with van der Waals surface area (Å²) in [7, 11) is 0. The first-order valence-corrected chi connectivity index (χ1v) is 6.62. The summed E-state index contributed by atoms with van der Waals surface area (Å²) in [5.74, 6) is 1.33.